The molecule has 24 heavy (non-hydrogen) atoms. The standard InChI is InChI=1S/C14H19NO6S2.K/c1-10-14(2,3)12-9-11(23(19,20)21)5-6-13(12)15(10)7-4-8-22(16,17)18;/h5-6,9H,4,7-8H2,1-3H3,(H-,16,17,18,19,20,21);/q;+1/p-1. The van der Waals surface area contributed by atoms with Gasteiger partial charge in [0.2, 0.25) is 5.69 Å². The van der Waals surface area contributed by atoms with E-state index in [9.17, 15) is 25.9 Å². The van der Waals surface area contributed by atoms with Gasteiger partial charge in [-0.25, -0.2) is 16.8 Å². The topological polar surface area (TPSA) is 117 Å². The van der Waals surface area contributed by atoms with Crippen molar-refractivity contribution in [3.63, 3.8) is 0 Å². The van der Waals surface area contributed by atoms with Crippen LogP contribution in [-0.4, -0.2) is 48.5 Å². The summed E-state index contributed by atoms with van der Waals surface area (Å²) in [6.45, 7) is 5.98. The molecule has 2 rings (SSSR count). The van der Waals surface area contributed by atoms with Crippen LogP contribution in [0, 0.1) is 0 Å². The van der Waals surface area contributed by atoms with E-state index in [-0.39, 0.29) is 62.7 Å². The predicted octanol–water partition coefficient (Wildman–Crippen LogP) is -2.07. The summed E-state index contributed by atoms with van der Waals surface area (Å²) in [6, 6.07) is 4.16. The van der Waals surface area contributed by atoms with Crippen molar-refractivity contribution < 1.29 is 81.9 Å². The van der Waals surface area contributed by atoms with Crippen LogP contribution in [0.15, 0.2) is 23.1 Å². The van der Waals surface area contributed by atoms with Crippen molar-refractivity contribution in [3.8, 4) is 0 Å². The maximum atomic E-state index is 11.2. The molecule has 0 N–H and O–H groups in total. The van der Waals surface area contributed by atoms with Crippen LogP contribution >= 0.6 is 0 Å². The summed E-state index contributed by atoms with van der Waals surface area (Å²) >= 11 is 0. The van der Waals surface area contributed by atoms with Crippen LogP contribution in [0.1, 0.15) is 32.8 Å². The normalized spacial score (nSPS) is 16.7. The molecule has 0 atom stereocenters. The molecule has 1 aromatic rings. The smallest absolute Gasteiger partial charge is 0.748 e. The fourth-order valence-electron chi connectivity index (χ4n) is 2.81. The molecule has 0 amide bonds. The zero-order chi connectivity index (χ0) is 17.6. The van der Waals surface area contributed by atoms with Crippen molar-refractivity contribution in [3.05, 3.63) is 23.8 Å². The van der Waals surface area contributed by atoms with Crippen LogP contribution in [0.3, 0.4) is 0 Å². The van der Waals surface area contributed by atoms with Crippen molar-refractivity contribution in [2.24, 2.45) is 0 Å². The summed E-state index contributed by atoms with van der Waals surface area (Å²) in [4.78, 5) is -0.291. The summed E-state index contributed by atoms with van der Waals surface area (Å²) in [5.74, 6) is -0.459. The number of rotatable bonds is 5. The van der Waals surface area contributed by atoms with E-state index in [1.165, 1.54) is 12.1 Å². The number of hydrogen-bond donors (Lipinski definition) is 0. The molecule has 0 aliphatic carbocycles. The molecule has 10 heteroatoms. The van der Waals surface area contributed by atoms with Crippen LogP contribution in [0.4, 0.5) is 5.69 Å². The molecule has 1 aliphatic heterocycles. The zero-order valence-corrected chi connectivity index (χ0v) is 18.8. The maximum Gasteiger partial charge on any atom is 1.00 e. The average Bonchev–Trinajstić information content (AvgIpc) is 2.57. The molecule has 0 saturated heterocycles. The van der Waals surface area contributed by atoms with Crippen LogP contribution in [0.25, 0.3) is 0 Å². The van der Waals surface area contributed by atoms with Gasteiger partial charge in [-0.2, -0.15) is 4.58 Å². The van der Waals surface area contributed by atoms with Gasteiger partial charge in [-0.3, -0.25) is 0 Å². The van der Waals surface area contributed by atoms with Crippen molar-refractivity contribution in [1.82, 2.24) is 0 Å². The Balaban J connectivity index is 0.00000288. The zero-order valence-electron chi connectivity index (χ0n) is 14.1. The van der Waals surface area contributed by atoms with E-state index in [0.717, 1.165) is 11.4 Å². The predicted molar refractivity (Wildman–Crippen MR) is 82.1 cm³/mol. The average molecular weight is 400 g/mol. The van der Waals surface area contributed by atoms with Crippen LogP contribution in [-0.2, 0) is 25.7 Å². The van der Waals surface area contributed by atoms with Gasteiger partial charge in [0, 0.05) is 30.7 Å². The first-order valence-corrected chi connectivity index (χ1v) is 9.98. The number of benzene rings is 1. The largest absolute Gasteiger partial charge is 1.00 e. The minimum absolute atomic E-state index is 0. The van der Waals surface area contributed by atoms with Gasteiger partial charge in [-0.05, 0) is 26.0 Å². The molecule has 0 unspecified atom stereocenters. The van der Waals surface area contributed by atoms with E-state index >= 15 is 0 Å². The Labute approximate surface area is 185 Å². The summed E-state index contributed by atoms with van der Waals surface area (Å²) in [5, 5.41) is 0. The molecule has 0 aromatic heterocycles. The van der Waals surface area contributed by atoms with Gasteiger partial charge >= 0.3 is 51.4 Å². The molecule has 0 bridgehead atoms. The number of nitrogens with zero attached hydrogens (tertiary/aromatic N) is 1. The van der Waals surface area contributed by atoms with Crippen LogP contribution in [0.2, 0.25) is 0 Å². The van der Waals surface area contributed by atoms with Crippen molar-refractivity contribution in [2.45, 2.75) is 37.5 Å². The van der Waals surface area contributed by atoms with Gasteiger partial charge in [0.15, 0.2) is 5.71 Å². The Morgan fingerprint density at radius 2 is 1.71 bits per heavy atom. The molecule has 0 fully saturated rings. The molecule has 7 nitrogen and oxygen atoms in total. The third kappa shape index (κ3) is 4.74. The third-order valence-electron chi connectivity index (χ3n) is 4.31. The van der Waals surface area contributed by atoms with E-state index in [1.54, 1.807) is 6.07 Å². The monoisotopic (exact) mass is 399 g/mol. The second-order valence-electron chi connectivity index (χ2n) is 6.11. The number of hydrogen-bond acceptors (Lipinski definition) is 6. The molecule has 0 spiro atoms. The maximum absolute atomic E-state index is 11.2. The van der Waals surface area contributed by atoms with Crippen LogP contribution in [0.5, 0.6) is 0 Å². The Bertz CT molecular complexity index is 888. The van der Waals surface area contributed by atoms with Crippen molar-refractivity contribution in [1.29, 1.82) is 0 Å². The summed E-state index contributed by atoms with van der Waals surface area (Å²) < 4.78 is 67.7. The molecule has 0 saturated carbocycles. The Morgan fingerprint density at radius 3 is 2.21 bits per heavy atom. The second-order valence-corrected chi connectivity index (χ2v) is 9.01. The van der Waals surface area contributed by atoms with Gasteiger partial charge in [-0.15, -0.1) is 0 Å². The minimum atomic E-state index is -4.54. The Kier molecular flexibility index (Phi) is 7.02. The number of fused-ring (bicyclic) bond motifs is 1. The molecule has 1 aliphatic rings. The fourth-order valence-corrected chi connectivity index (χ4v) is 3.79. The van der Waals surface area contributed by atoms with Gasteiger partial charge in [0.1, 0.15) is 16.7 Å². The molecular weight excluding hydrogens is 381 g/mol. The van der Waals surface area contributed by atoms with Gasteiger partial charge in [-0.1, -0.05) is 0 Å². The minimum Gasteiger partial charge on any atom is -0.748 e. The second kappa shape index (κ2) is 7.53. The molecule has 0 radical (unpaired) electrons. The van der Waals surface area contributed by atoms with Gasteiger partial charge in [0.25, 0.3) is 0 Å². The van der Waals surface area contributed by atoms with E-state index in [0.29, 0.717) is 12.1 Å². The molecule has 1 heterocycles. The third-order valence-corrected chi connectivity index (χ3v) is 5.93. The van der Waals surface area contributed by atoms with E-state index < -0.39 is 31.4 Å². The first-order valence-electron chi connectivity index (χ1n) is 6.99. The summed E-state index contributed by atoms with van der Waals surface area (Å²) in [5.41, 5.74) is 1.82. The molecule has 1 aromatic carbocycles. The summed E-state index contributed by atoms with van der Waals surface area (Å²) in [6.07, 6.45) is 0.167. The Hall–Kier alpha value is 0.346. The van der Waals surface area contributed by atoms with Crippen molar-refractivity contribution in [2.75, 3.05) is 12.3 Å². The Morgan fingerprint density at radius 1 is 1.12 bits per heavy atom. The van der Waals surface area contributed by atoms with Crippen molar-refractivity contribution >= 4 is 31.6 Å². The van der Waals surface area contributed by atoms with E-state index in [1.807, 2.05) is 25.3 Å². The quantitative estimate of drug-likeness (QED) is 0.319. The first-order chi connectivity index (χ1) is 10.3. The first kappa shape index (κ1) is 22.4. The van der Waals surface area contributed by atoms with E-state index in [4.69, 9.17) is 0 Å². The van der Waals surface area contributed by atoms with Gasteiger partial charge in [0.05, 0.1) is 20.4 Å². The summed E-state index contributed by atoms with van der Waals surface area (Å²) in [7, 11) is -8.82. The van der Waals surface area contributed by atoms with Gasteiger partial charge < -0.3 is 9.11 Å². The van der Waals surface area contributed by atoms with Crippen LogP contribution < -0.4 is 51.4 Å². The molecule has 128 valence electrons. The fraction of sp³-hybridized carbons (Fsp3) is 0.500. The van der Waals surface area contributed by atoms with E-state index in [2.05, 4.69) is 0 Å². The molecular formula is C14H18KNO6S2. The SMILES string of the molecule is CC1=[N+](CCCS(=O)(=O)[O-])c2ccc(S(=O)(=O)[O-])cc2C1(C)C.[K+].